The van der Waals surface area contributed by atoms with Gasteiger partial charge in [-0.3, -0.25) is 28.8 Å². The molecule has 4 unspecified atom stereocenters. The number of carboxylic acids is 2. The summed E-state index contributed by atoms with van der Waals surface area (Å²) in [4.78, 5) is 82.3. The van der Waals surface area contributed by atoms with E-state index in [1.165, 1.54) is 11.8 Å². The summed E-state index contributed by atoms with van der Waals surface area (Å²) in [6.07, 6.45) is -0.261. The molecule has 198 valence electrons. The molecule has 0 heterocycles. The van der Waals surface area contributed by atoms with Crippen LogP contribution in [0.2, 0.25) is 0 Å². The summed E-state index contributed by atoms with van der Waals surface area (Å²) in [5, 5.41) is 25.0. The summed E-state index contributed by atoms with van der Waals surface area (Å²) in [5.41, 5.74) is 15.6. The summed E-state index contributed by atoms with van der Waals surface area (Å²) in [6.45, 7) is 0. The summed E-state index contributed by atoms with van der Waals surface area (Å²) >= 11 is 1.36. The molecule has 35 heavy (non-hydrogen) atoms. The van der Waals surface area contributed by atoms with Crippen molar-refractivity contribution in [1.29, 1.82) is 0 Å². The lowest BCUT2D eigenvalue weighted by molar-refractivity contribution is -0.142. The minimum absolute atomic E-state index is 0.0910. The standard InChI is InChI=1S/C19H32N6O9S/c1-35-7-6-12(19(33)34)25-18(32)10(2-4-13(21)26)24-17(31)11(3-5-15(28)29)23-16(30)9(20)8-14(22)27/h9-12H,2-8,20H2,1H3,(H2,21,26)(H2,22,27)(H,23,30)(H,24,31)(H,25,32)(H,28,29)(H,33,34). The first-order chi connectivity index (χ1) is 16.3. The second-order valence-electron chi connectivity index (χ2n) is 7.52. The van der Waals surface area contributed by atoms with Crippen LogP contribution in [0.15, 0.2) is 0 Å². The molecule has 0 aromatic carbocycles. The number of aliphatic carboxylic acids is 2. The molecule has 0 fully saturated rings. The Morgan fingerprint density at radius 3 is 1.66 bits per heavy atom. The summed E-state index contributed by atoms with van der Waals surface area (Å²) < 4.78 is 0. The predicted molar refractivity (Wildman–Crippen MR) is 124 cm³/mol. The molecule has 11 N–H and O–H groups in total. The predicted octanol–water partition coefficient (Wildman–Crippen LogP) is -3.39. The van der Waals surface area contributed by atoms with Gasteiger partial charge in [0, 0.05) is 12.8 Å². The fourth-order valence-electron chi connectivity index (χ4n) is 2.72. The molecular formula is C19H32N6O9S. The van der Waals surface area contributed by atoms with Crippen LogP contribution in [-0.4, -0.2) is 87.9 Å². The van der Waals surface area contributed by atoms with Gasteiger partial charge in [0.25, 0.3) is 0 Å². The molecule has 5 amide bonds. The van der Waals surface area contributed by atoms with Crippen LogP contribution in [0.5, 0.6) is 0 Å². The Morgan fingerprint density at radius 2 is 1.23 bits per heavy atom. The van der Waals surface area contributed by atoms with Gasteiger partial charge in [-0.1, -0.05) is 0 Å². The zero-order valence-electron chi connectivity index (χ0n) is 19.2. The van der Waals surface area contributed by atoms with Crippen molar-refractivity contribution in [2.45, 2.75) is 62.7 Å². The lowest BCUT2D eigenvalue weighted by Gasteiger charge is -2.25. The van der Waals surface area contributed by atoms with Gasteiger partial charge in [0.1, 0.15) is 18.1 Å². The van der Waals surface area contributed by atoms with Gasteiger partial charge in [0.05, 0.1) is 12.5 Å². The molecule has 0 aromatic heterocycles. The number of nitrogens with one attached hydrogen (secondary N) is 3. The molecule has 0 aromatic rings. The largest absolute Gasteiger partial charge is 0.481 e. The lowest BCUT2D eigenvalue weighted by Crippen LogP contribution is -2.57. The van der Waals surface area contributed by atoms with E-state index in [1.54, 1.807) is 6.26 Å². The number of primary amides is 2. The van der Waals surface area contributed by atoms with E-state index in [2.05, 4.69) is 16.0 Å². The molecule has 0 radical (unpaired) electrons. The average Bonchev–Trinajstić information content (AvgIpc) is 2.75. The Morgan fingerprint density at radius 1 is 0.743 bits per heavy atom. The van der Waals surface area contributed by atoms with E-state index in [0.29, 0.717) is 5.75 Å². The normalized spacial score (nSPS) is 14.0. The highest BCUT2D eigenvalue weighted by Crippen LogP contribution is 2.06. The van der Waals surface area contributed by atoms with E-state index >= 15 is 0 Å². The maximum Gasteiger partial charge on any atom is 0.326 e. The monoisotopic (exact) mass is 520 g/mol. The van der Waals surface area contributed by atoms with Gasteiger partial charge in [-0.25, -0.2) is 4.79 Å². The van der Waals surface area contributed by atoms with Crippen LogP contribution in [-0.2, 0) is 33.6 Å². The molecule has 16 heteroatoms. The number of carboxylic acid groups (broad SMARTS) is 2. The highest BCUT2D eigenvalue weighted by Gasteiger charge is 2.31. The van der Waals surface area contributed by atoms with Crippen molar-refractivity contribution in [3.8, 4) is 0 Å². The Bertz CT molecular complexity index is 810. The van der Waals surface area contributed by atoms with Crippen molar-refractivity contribution < 1.29 is 43.8 Å². The van der Waals surface area contributed by atoms with Gasteiger partial charge in [-0.05, 0) is 31.3 Å². The molecule has 4 atom stereocenters. The smallest absolute Gasteiger partial charge is 0.326 e. The molecule has 0 bridgehead atoms. The van der Waals surface area contributed by atoms with Gasteiger partial charge >= 0.3 is 11.9 Å². The number of carbonyl (C=O) groups excluding carboxylic acids is 5. The van der Waals surface area contributed by atoms with Gasteiger partial charge < -0.3 is 43.4 Å². The molecule has 0 aliphatic heterocycles. The molecule has 0 aliphatic rings. The number of nitrogens with two attached hydrogens (primary N) is 3. The first-order valence-corrected chi connectivity index (χ1v) is 11.8. The van der Waals surface area contributed by atoms with Gasteiger partial charge in [-0.15, -0.1) is 0 Å². The minimum Gasteiger partial charge on any atom is -0.481 e. The quantitative estimate of drug-likeness (QED) is 0.0882. The zero-order valence-corrected chi connectivity index (χ0v) is 20.0. The van der Waals surface area contributed by atoms with Crippen molar-refractivity contribution >= 4 is 53.2 Å². The Labute approximate surface area is 205 Å². The molecule has 0 saturated heterocycles. The first kappa shape index (κ1) is 31.6. The number of amides is 5. The van der Waals surface area contributed by atoms with Gasteiger partial charge in [0.15, 0.2) is 0 Å². The van der Waals surface area contributed by atoms with Crippen LogP contribution in [0.3, 0.4) is 0 Å². The third kappa shape index (κ3) is 13.8. The van der Waals surface area contributed by atoms with Crippen LogP contribution in [0.25, 0.3) is 0 Å². The van der Waals surface area contributed by atoms with Crippen LogP contribution in [0.4, 0.5) is 0 Å². The second kappa shape index (κ2) is 16.3. The summed E-state index contributed by atoms with van der Waals surface area (Å²) in [7, 11) is 0. The second-order valence-corrected chi connectivity index (χ2v) is 8.50. The number of rotatable bonds is 18. The summed E-state index contributed by atoms with van der Waals surface area (Å²) in [6, 6.07) is -5.57. The molecule has 0 rings (SSSR count). The van der Waals surface area contributed by atoms with Crippen LogP contribution in [0, 0.1) is 0 Å². The highest BCUT2D eigenvalue weighted by atomic mass is 32.2. The average molecular weight is 521 g/mol. The van der Waals surface area contributed by atoms with E-state index in [1.807, 2.05) is 0 Å². The Balaban J connectivity index is 5.61. The zero-order chi connectivity index (χ0) is 27.1. The molecule has 0 saturated carbocycles. The van der Waals surface area contributed by atoms with Crippen LogP contribution in [0.1, 0.15) is 38.5 Å². The lowest BCUT2D eigenvalue weighted by atomic mass is 10.1. The SMILES string of the molecule is CSCCC(NC(=O)C(CCC(N)=O)NC(=O)C(CCC(=O)O)NC(=O)C(N)CC(N)=O)C(=O)O. The van der Waals surface area contributed by atoms with Crippen LogP contribution >= 0.6 is 11.8 Å². The fourth-order valence-corrected chi connectivity index (χ4v) is 3.19. The van der Waals surface area contributed by atoms with Crippen molar-refractivity contribution in [2.75, 3.05) is 12.0 Å². The maximum absolute atomic E-state index is 12.8. The topological polar surface area (TPSA) is 274 Å². The molecular weight excluding hydrogens is 488 g/mol. The van der Waals surface area contributed by atoms with E-state index in [-0.39, 0.29) is 19.3 Å². The van der Waals surface area contributed by atoms with Crippen molar-refractivity contribution in [2.24, 2.45) is 17.2 Å². The van der Waals surface area contributed by atoms with E-state index in [9.17, 15) is 38.7 Å². The van der Waals surface area contributed by atoms with Crippen molar-refractivity contribution in [1.82, 2.24) is 16.0 Å². The van der Waals surface area contributed by atoms with E-state index in [4.69, 9.17) is 22.3 Å². The molecule has 15 nitrogen and oxygen atoms in total. The fraction of sp³-hybridized carbons (Fsp3) is 0.632. The first-order valence-electron chi connectivity index (χ1n) is 10.4. The molecule has 0 aliphatic carbocycles. The van der Waals surface area contributed by atoms with E-state index in [0.717, 1.165) is 0 Å². The Kier molecular flexibility index (Phi) is 14.7. The third-order valence-electron chi connectivity index (χ3n) is 4.58. The highest BCUT2D eigenvalue weighted by molar-refractivity contribution is 7.98. The van der Waals surface area contributed by atoms with Crippen molar-refractivity contribution in [3.05, 3.63) is 0 Å². The van der Waals surface area contributed by atoms with E-state index < -0.39 is 84.9 Å². The van der Waals surface area contributed by atoms with Crippen molar-refractivity contribution in [3.63, 3.8) is 0 Å². The van der Waals surface area contributed by atoms with Gasteiger partial charge in [0.2, 0.25) is 29.5 Å². The minimum atomic E-state index is -1.48. The number of thioether (sulfide) groups is 1. The maximum atomic E-state index is 12.8. The summed E-state index contributed by atoms with van der Waals surface area (Å²) in [5.74, 6) is -6.70. The number of hydrogen-bond donors (Lipinski definition) is 8. The Hall–Kier alpha value is -3.40. The molecule has 0 spiro atoms. The number of carbonyl (C=O) groups is 7. The number of hydrogen-bond acceptors (Lipinski definition) is 9. The third-order valence-corrected chi connectivity index (χ3v) is 5.22. The van der Waals surface area contributed by atoms with Gasteiger partial charge in [-0.2, -0.15) is 11.8 Å². The van der Waals surface area contributed by atoms with Crippen LogP contribution < -0.4 is 33.2 Å².